The van der Waals surface area contributed by atoms with Crippen LogP contribution in [0, 0.1) is 0 Å². The molecule has 19 heavy (non-hydrogen) atoms. The average Bonchev–Trinajstić information content (AvgIpc) is 2.80. The van der Waals surface area contributed by atoms with Crippen molar-refractivity contribution in [2.45, 2.75) is 10.9 Å². The van der Waals surface area contributed by atoms with Crippen LogP contribution in [0.4, 0.5) is 0 Å². The molecule has 0 aliphatic carbocycles. The van der Waals surface area contributed by atoms with Gasteiger partial charge in [-0.2, -0.15) is 5.10 Å². The number of hydrogen-bond acceptors (Lipinski definition) is 4. The van der Waals surface area contributed by atoms with Gasteiger partial charge in [0.2, 0.25) is 0 Å². The standard InChI is InChI=1S/C13H13N3O2S/c1-16-13(14-9-15-16)19-8-11-4-2-3-10(7-11)5-6-12(17)18/h2-7,9H,8H2,1H3,(H,17,18)/b6-5+. The first-order chi connectivity index (χ1) is 9.15. The molecule has 0 saturated carbocycles. The van der Waals surface area contributed by atoms with E-state index >= 15 is 0 Å². The lowest BCUT2D eigenvalue weighted by atomic mass is 10.1. The molecule has 2 aromatic rings. The quantitative estimate of drug-likeness (QED) is 0.669. The molecule has 0 atom stereocenters. The number of thioether (sulfide) groups is 1. The van der Waals surface area contributed by atoms with Gasteiger partial charge in [-0.1, -0.05) is 36.0 Å². The fraction of sp³-hybridized carbons (Fsp3) is 0.154. The molecule has 0 saturated heterocycles. The molecule has 2 rings (SSSR count). The van der Waals surface area contributed by atoms with Crippen molar-refractivity contribution in [3.8, 4) is 0 Å². The minimum Gasteiger partial charge on any atom is -0.478 e. The normalized spacial score (nSPS) is 11.0. The van der Waals surface area contributed by atoms with E-state index in [-0.39, 0.29) is 0 Å². The summed E-state index contributed by atoms with van der Waals surface area (Å²) in [5.41, 5.74) is 1.99. The molecule has 5 nitrogen and oxygen atoms in total. The second-order valence-electron chi connectivity index (χ2n) is 3.87. The predicted molar refractivity (Wildman–Crippen MR) is 73.7 cm³/mol. The number of benzene rings is 1. The van der Waals surface area contributed by atoms with Crippen molar-refractivity contribution in [1.29, 1.82) is 0 Å². The highest BCUT2D eigenvalue weighted by Gasteiger charge is 2.02. The summed E-state index contributed by atoms with van der Waals surface area (Å²) in [4.78, 5) is 14.6. The van der Waals surface area contributed by atoms with E-state index in [1.807, 2.05) is 31.3 Å². The predicted octanol–water partition coefficient (Wildman–Crippen LogP) is 2.21. The van der Waals surface area contributed by atoms with Crippen LogP contribution in [-0.4, -0.2) is 25.8 Å². The molecule has 1 aromatic heterocycles. The number of carboxylic acid groups (broad SMARTS) is 1. The molecule has 0 unspecified atom stereocenters. The maximum atomic E-state index is 10.5. The van der Waals surface area contributed by atoms with E-state index in [0.29, 0.717) is 0 Å². The van der Waals surface area contributed by atoms with Crippen molar-refractivity contribution >= 4 is 23.8 Å². The smallest absolute Gasteiger partial charge is 0.328 e. The van der Waals surface area contributed by atoms with Gasteiger partial charge in [0.05, 0.1) is 0 Å². The van der Waals surface area contributed by atoms with Crippen molar-refractivity contribution in [3.63, 3.8) is 0 Å². The minimum absolute atomic E-state index is 0.765. The summed E-state index contributed by atoms with van der Waals surface area (Å²) in [5, 5.41) is 13.5. The largest absolute Gasteiger partial charge is 0.478 e. The van der Waals surface area contributed by atoms with Crippen LogP contribution in [0.3, 0.4) is 0 Å². The Hall–Kier alpha value is -2.08. The van der Waals surface area contributed by atoms with E-state index in [2.05, 4.69) is 10.1 Å². The van der Waals surface area contributed by atoms with E-state index in [0.717, 1.165) is 28.1 Å². The first-order valence-electron chi connectivity index (χ1n) is 5.62. The van der Waals surface area contributed by atoms with E-state index in [9.17, 15) is 4.79 Å². The van der Waals surface area contributed by atoms with E-state index < -0.39 is 5.97 Å². The molecular formula is C13H13N3O2S. The number of aromatic nitrogens is 3. The van der Waals surface area contributed by atoms with Gasteiger partial charge < -0.3 is 5.11 Å². The Bertz CT molecular complexity index is 607. The fourth-order valence-electron chi connectivity index (χ4n) is 1.52. The highest BCUT2D eigenvalue weighted by atomic mass is 32.2. The Kier molecular flexibility index (Phi) is 4.35. The van der Waals surface area contributed by atoms with Crippen molar-refractivity contribution in [2.24, 2.45) is 7.05 Å². The molecule has 0 bridgehead atoms. The Labute approximate surface area is 115 Å². The van der Waals surface area contributed by atoms with Gasteiger partial charge in [0.25, 0.3) is 0 Å². The number of aliphatic carboxylic acids is 1. The topological polar surface area (TPSA) is 68.0 Å². The van der Waals surface area contributed by atoms with Gasteiger partial charge in [0.15, 0.2) is 5.16 Å². The number of carboxylic acids is 1. The molecule has 0 aliphatic heterocycles. The van der Waals surface area contributed by atoms with Crippen molar-refractivity contribution < 1.29 is 9.90 Å². The van der Waals surface area contributed by atoms with E-state index in [1.165, 1.54) is 6.33 Å². The zero-order chi connectivity index (χ0) is 13.7. The Morgan fingerprint density at radius 2 is 2.37 bits per heavy atom. The van der Waals surface area contributed by atoms with Crippen molar-refractivity contribution in [3.05, 3.63) is 47.8 Å². The van der Waals surface area contributed by atoms with Crippen LogP contribution in [0.5, 0.6) is 0 Å². The Morgan fingerprint density at radius 1 is 1.53 bits per heavy atom. The summed E-state index contributed by atoms with van der Waals surface area (Å²) in [6.45, 7) is 0. The van der Waals surface area contributed by atoms with Gasteiger partial charge in [-0.15, -0.1) is 0 Å². The number of hydrogen-bond donors (Lipinski definition) is 1. The molecule has 0 spiro atoms. The van der Waals surface area contributed by atoms with Crippen molar-refractivity contribution in [2.75, 3.05) is 0 Å². The van der Waals surface area contributed by atoms with Gasteiger partial charge in [0.1, 0.15) is 6.33 Å². The number of aryl methyl sites for hydroxylation is 1. The van der Waals surface area contributed by atoms with E-state index in [1.54, 1.807) is 22.5 Å². The van der Waals surface area contributed by atoms with Gasteiger partial charge in [-0.3, -0.25) is 0 Å². The molecular weight excluding hydrogens is 262 g/mol. The van der Waals surface area contributed by atoms with E-state index in [4.69, 9.17) is 5.11 Å². The van der Waals surface area contributed by atoms with Crippen LogP contribution in [0.1, 0.15) is 11.1 Å². The van der Waals surface area contributed by atoms with Crippen LogP contribution >= 0.6 is 11.8 Å². The molecule has 6 heteroatoms. The summed E-state index contributed by atoms with van der Waals surface area (Å²) in [5.74, 6) is -0.180. The van der Waals surface area contributed by atoms with Gasteiger partial charge in [-0.05, 0) is 17.2 Å². The molecule has 0 amide bonds. The highest BCUT2D eigenvalue weighted by Crippen LogP contribution is 2.20. The molecule has 98 valence electrons. The van der Waals surface area contributed by atoms with Crippen LogP contribution in [0.25, 0.3) is 6.08 Å². The fourth-order valence-corrected chi connectivity index (χ4v) is 2.35. The monoisotopic (exact) mass is 275 g/mol. The third-order valence-electron chi connectivity index (χ3n) is 2.41. The molecule has 1 N–H and O–H groups in total. The summed E-state index contributed by atoms with van der Waals surface area (Å²) < 4.78 is 1.72. The SMILES string of the molecule is Cn1ncnc1SCc1cccc(/C=C/C(=O)O)c1. The number of rotatable bonds is 5. The zero-order valence-electron chi connectivity index (χ0n) is 10.4. The van der Waals surface area contributed by atoms with Crippen LogP contribution in [0.15, 0.2) is 41.8 Å². The molecule has 0 aliphatic rings. The number of carbonyl (C=O) groups is 1. The third-order valence-corrected chi connectivity index (χ3v) is 3.51. The average molecular weight is 275 g/mol. The van der Waals surface area contributed by atoms with Gasteiger partial charge in [0, 0.05) is 18.9 Å². The lowest BCUT2D eigenvalue weighted by Crippen LogP contribution is -1.93. The Morgan fingerprint density at radius 3 is 3.05 bits per heavy atom. The first kappa shape index (κ1) is 13.4. The van der Waals surface area contributed by atoms with Crippen LogP contribution in [-0.2, 0) is 17.6 Å². The van der Waals surface area contributed by atoms with Gasteiger partial charge in [-0.25, -0.2) is 14.5 Å². The van der Waals surface area contributed by atoms with Gasteiger partial charge >= 0.3 is 5.97 Å². The lowest BCUT2D eigenvalue weighted by molar-refractivity contribution is -0.131. The summed E-state index contributed by atoms with van der Waals surface area (Å²) in [6, 6.07) is 7.74. The molecule has 1 aromatic carbocycles. The molecule has 1 heterocycles. The summed E-state index contributed by atoms with van der Waals surface area (Å²) in [7, 11) is 1.85. The molecule has 0 fully saturated rings. The second kappa shape index (κ2) is 6.19. The summed E-state index contributed by atoms with van der Waals surface area (Å²) in [6.07, 6.45) is 4.24. The highest BCUT2D eigenvalue weighted by molar-refractivity contribution is 7.98. The third kappa shape index (κ3) is 3.96. The number of nitrogens with zero attached hydrogens (tertiary/aromatic N) is 3. The lowest BCUT2D eigenvalue weighted by Gasteiger charge is -2.02. The maximum absolute atomic E-state index is 10.5. The minimum atomic E-state index is -0.945. The van der Waals surface area contributed by atoms with Crippen LogP contribution in [0.2, 0.25) is 0 Å². The zero-order valence-corrected chi connectivity index (χ0v) is 11.2. The maximum Gasteiger partial charge on any atom is 0.328 e. The Balaban J connectivity index is 2.03. The summed E-state index contributed by atoms with van der Waals surface area (Å²) >= 11 is 1.59. The second-order valence-corrected chi connectivity index (χ2v) is 4.81. The molecule has 0 radical (unpaired) electrons. The van der Waals surface area contributed by atoms with Crippen LogP contribution < -0.4 is 0 Å². The van der Waals surface area contributed by atoms with Crippen molar-refractivity contribution in [1.82, 2.24) is 14.8 Å². The first-order valence-corrected chi connectivity index (χ1v) is 6.60.